The molecule has 0 radical (unpaired) electrons. The maximum absolute atomic E-state index is 10.9. The van der Waals surface area contributed by atoms with Crippen molar-refractivity contribution < 1.29 is 4.79 Å². The Kier molecular flexibility index (Phi) is 4.92. The van der Waals surface area contributed by atoms with Gasteiger partial charge in [-0.1, -0.05) is 33.6 Å². The minimum Gasteiger partial charge on any atom is -0.369 e. The molecule has 0 aromatic carbocycles. The van der Waals surface area contributed by atoms with Crippen molar-refractivity contribution >= 4 is 5.91 Å². The highest BCUT2D eigenvalue weighted by Crippen LogP contribution is 2.19. The second-order valence-corrected chi connectivity index (χ2v) is 3.18. The topological polar surface area (TPSA) is 43.1 Å². The molecule has 0 aliphatic rings. The molecule has 0 saturated heterocycles. The molecule has 1 amide bonds. The van der Waals surface area contributed by atoms with Crippen LogP contribution in [0, 0.1) is 11.8 Å². The predicted molar refractivity (Wildman–Crippen MR) is 47.0 cm³/mol. The van der Waals surface area contributed by atoms with Crippen LogP contribution in [0.2, 0.25) is 0 Å². The van der Waals surface area contributed by atoms with Crippen molar-refractivity contribution in [2.75, 3.05) is 0 Å². The van der Waals surface area contributed by atoms with Crippen LogP contribution in [-0.2, 0) is 4.79 Å². The van der Waals surface area contributed by atoms with Gasteiger partial charge in [0.15, 0.2) is 0 Å². The Hall–Kier alpha value is -0.530. The Morgan fingerprint density at radius 1 is 1.45 bits per heavy atom. The van der Waals surface area contributed by atoms with Crippen molar-refractivity contribution in [3.8, 4) is 0 Å². The molecular formula is C9H19NO. The van der Waals surface area contributed by atoms with Crippen LogP contribution in [0.4, 0.5) is 0 Å². The summed E-state index contributed by atoms with van der Waals surface area (Å²) in [5.41, 5.74) is 5.26. The van der Waals surface area contributed by atoms with Crippen LogP contribution >= 0.6 is 0 Å². The summed E-state index contributed by atoms with van der Waals surface area (Å²) in [6.07, 6.45) is 3.01. The largest absolute Gasteiger partial charge is 0.369 e. The maximum atomic E-state index is 10.9. The Bertz CT molecular complexity index is 123. The average Bonchev–Trinajstić information content (AvgIpc) is 1.98. The number of nitrogens with two attached hydrogens (primary N) is 1. The van der Waals surface area contributed by atoms with Gasteiger partial charge in [0.1, 0.15) is 0 Å². The van der Waals surface area contributed by atoms with E-state index in [1.165, 1.54) is 0 Å². The highest BCUT2D eigenvalue weighted by molar-refractivity contribution is 5.76. The number of hydrogen-bond donors (Lipinski definition) is 1. The van der Waals surface area contributed by atoms with Gasteiger partial charge in [0.2, 0.25) is 5.91 Å². The van der Waals surface area contributed by atoms with Gasteiger partial charge in [0.05, 0.1) is 0 Å². The molecule has 0 saturated carbocycles. The lowest BCUT2D eigenvalue weighted by molar-refractivity contribution is -0.123. The van der Waals surface area contributed by atoms with Crippen LogP contribution in [0.1, 0.15) is 40.0 Å². The molecule has 0 heterocycles. The summed E-state index contributed by atoms with van der Waals surface area (Å²) in [4.78, 5) is 10.9. The van der Waals surface area contributed by atoms with Gasteiger partial charge in [-0.2, -0.15) is 0 Å². The second-order valence-electron chi connectivity index (χ2n) is 3.18. The van der Waals surface area contributed by atoms with Crippen LogP contribution in [0.3, 0.4) is 0 Å². The van der Waals surface area contributed by atoms with E-state index in [9.17, 15) is 4.79 Å². The molecule has 0 aliphatic carbocycles. The van der Waals surface area contributed by atoms with E-state index in [0.29, 0.717) is 5.92 Å². The summed E-state index contributed by atoms with van der Waals surface area (Å²) in [5, 5.41) is 0. The molecule has 0 aromatic heterocycles. The van der Waals surface area contributed by atoms with Crippen molar-refractivity contribution in [3.05, 3.63) is 0 Å². The molecule has 0 aromatic rings. The van der Waals surface area contributed by atoms with Crippen LogP contribution in [0.15, 0.2) is 0 Å². The molecule has 2 heteroatoms. The molecule has 2 nitrogen and oxygen atoms in total. The SMILES string of the molecule is CCC[C@H](C(N)=O)[C@H](C)CC. The third-order valence-electron chi connectivity index (χ3n) is 2.30. The van der Waals surface area contributed by atoms with E-state index in [1.807, 2.05) is 0 Å². The quantitative estimate of drug-likeness (QED) is 0.651. The summed E-state index contributed by atoms with van der Waals surface area (Å²) in [5.74, 6) is 0.388. The van der Waals surface area contributed by atoms with Gasteiger partial charge >= 0.3 is 0 Å². The third kappa shape index (κ3) is 3.40. The standard InChI is InChI=1S/C9H19NO/c1-4-6-8(9(10)11)7(3)5-2/h7-8H,4-6H2,1-3H3,(H2,10,11)/t7-,8+/m1/s1. The normalized spacial score (nSPS) is 15.9. The maximum Gasteiger partial charge on any atom is 0.220 e. The average molecular weight is 157 g/mol. The lowest BCUT2D eigenvalue weighted by Gasteiger charge is -2.18. The molecule has 2 N–H and O–H groups in total. The predicted octanol–water partition coefficient (Wildman–Crippen LogP) is 1.93. The van der Waals surface area contributed by atoms with Crippen LogP contribution in [-0.4, -0.2) is 5.91 Å². The van der Waals surface area contributed by atoms with Crippen molar-refractivity contribution in [1.82, 2.24) is 0 Å². The van der Waals surface area contributed by atoms with E-state index >= 15 is 0 Å². The number of carbonyl (C=O) groups excluding carboxylic acids is 1. The van der Waals surface area contributed by atoms with Crippen LogP contribution in [0.5, 0.6) is 0 Å². The fraction of sp³-hybridized carbons (Fsp3) is 0.889. The number of rotatable bonds is 5. The van der Waals surface area contributed by atoms with Gasteiger partial charge in [-0.3, -0.25) is 4.79 Å². The monoisotopic (exact) mass is 157 g/mol. The van der Waals surface area contributed by atoms with E-state index in [4.69, 9.17) is 5.73 Å². The third-order valence-corrected chi connectivity index (χ3v) is 2.30. The highest BCUT2D eigenvalue weighted by Gasteiger charge is 2.19. The summed E-state index contributed by atoms with van der Waals surface area (Å²) in [7, 11) is 0. The molecule has 0 aliphatic heterocycles. The Morgan fingerprint density at radius 2 is 2.00 bits per heavy atom. The molecule has 11 heavy (non-hydrogen) atoms. The van der Waals surface area contributed by atoms with Gasteiger partial charge in [-0.15, -0.1) is 0 Å². The van der Waals surface area contributed by atoms with Crippen molar-refractivity contribution in [2.45, 2.75) is 40.0 Å². The summed E-state index contributed by atoms with van der Waals surface area (Å²) in [6.45, 7) is 6.26. The van der Waals surface area contributed by atoms with Crippen molar-refractivity contribution in [3.63, 3.8) is 0 Å². The molecule has 2 atom stereocenters. The fourth-order valence-corrected chi connectivity index (χ4v) is 1.30. The van der Waals surface area contributed by atoms with Gasteiger partial charge in [0.25, 0.3) is 0 Å². The fourth-order valence-electron chi connectivity index (χ4n) is 1.30. The van der Waals surface area contributed by atoms with Gasteiger partial charge < -0.3 is 5.73 Å². The number of hydrogen-bond acceptors (Lipinski definition) is 1. The van der Waals surface area contributed by atoms with Gasteiger partial charge in [0, 0.05) is 5.92 Å². The molecule has 0 unspecified atom stereocenters. The van der Waals surface area contributed by atoms with E-state index in [1.54, 1.807) is 0 Å². The Labute approximate surface area is 69.2 Å². The Balaban J connectivity index is 3.97. The molecule has 0 bridgehead atoms. The lowest BCUT2D eigenvalue weighted by atomic mass is 9.88. The van der Waals surface area contributed by atoms with E-state index in [-0.39, 0.29) is 11.8 Å². The first-order valence-electron chi connectivity index (χ1n) is 4.42. The summed E-state index contributed by atoms with van der Waals surface area (Å²) in [6, 6.07) is 0. The van der Waals surface area contributed by atoms with Crippen molar-refractivity contribution in [1.29, 1.82) is 0 Å². The summed E-state index contributed by atoms with van der Waals surface area (Å²) >= 11 is 0. The van der Waals surface area contributed by atoms with Crippen molar-refractivity contribution in [2.24, 2.45) is 17.6 Å². The number of amides is 1. The zero-order valence-corrected chi connectivity index (χ0v) is 7.76. The van der Waals surface area contributed by atoms with Gasteiger partial charge in [-0.05, 0) is 12.3 Å². The second kappa shape index (κ2) is 5.16. The van der Waals surface area contributed by atoms with E-state index in [2.05, 4.69) is 20.8 Å². The first-order valence-corrected chi connectivity index (χ1v) is 4.42. The molecular weight excluding hydrogens is 138 g/mol. The number of primary amides is 1. The first-order chi connectivity index (χ1) is 5.13. The molecule has 66 valence electrons. The molecule has 0 fully saturated rings. The van der Waals surface area contributed by atoms with E-state index < -0.39 is 0 Å². The van der Waals surface area contributed by atoms with Gasteiger partial charge in [-0.25, -0.2) is 0 Å². The van der Waals surface area contributed by atoms with E-state index in [0.717, 1.165) is 19.3 Å². The molecule has 0 rings (SSSR count). The molecule has 0 spiro atoms. The first kappa shape index (κ1) is 10.5. The number of carbonyl (C=O) groups is 1. The highest BCUT2D eigenvalue weighted by atomic mass is 16.1. The summed E-state index contributed by atoms with van der Waals surface area (Å²) < 4.78 is 0. The minimum absolute atomic E-state index is 0.0880. The smallest absolute Gasteiger partial charge is 0.220 e. The zero-order chi connectivity index (χ0) is 8.85. The van der Waals surface area contributed by atoms with Crippen LogP contribution < -0.4 is 5.73 Å². The van der Waals surface area contributed by atoms with Crippen LogP contribution in [0.25, 0.3) is 0 Å². The lowest BCUT2D eigenvalue weighted by Crippen LogP contribution is -2.28. The Morgan fingerprint density at radius 3 is 2.27 bits per heavy atom. The minimum atomic E-state index is -0.138. The zero-order valence-electron chi connectivity index (χ0n) is 7.76.